The summed E-state index contributed by atoms with van der Waals surface area (Å²) in [5, 5.41) is 12.8. The van der Waals surface area contributed by atoms with Crippen molar-refractivity contribution >= 4 is 5.91 Å². The highest BCUT2D eigenvalue weighted by Gasteiger charge is 2.12. The van der Waals surface area contributed by atoms with Gasteiger partial charge in [0.05, 0.1) is 6.10 Å². The second kappa shape index (κ2) is 10.4. The number of aliphatic hydroxyl groups excluding tert-OH is 1. The summed E-state index contributed by atoms with van der Waals surface area (Å²) in [5.74, 6) is 0.535. The summed E-state index contributed by atoms with van der Waals surface area (Å²) >= 11 is 0. The minimum absolute atomic E-state index is 0.00288. The van der Waals surface area contributed by atoms with E-state index >= 15 is 0 Å². The molecule has 118 valence electrons. The van der Waals surface area contributed by atoms with Crippen LogP contribution in [0.25, 0.3) is 0 Å². The van der Waals surface area contributed by atoms with Crippen LogP contribution in [0.4, 0.5) is 0 Å². The van der Waals surface area contributed by atoms with Crippen molar-refractivity contribution in [1.29, 1.82) is 0 Å². The number of aliphatic hydroxyl groups is 1. The molecule has 0 radical (unpaired) electrons. The Hall–Kier alpha value is -1.39. The predicted octanol–water partition coefficient (Wildman–Crippen LogP) is 2.38. The minimum Gasteiger partial charge on any atom is -0.387 e. The van der Waals surface area contributed by atoms with E-state index in [2.05, 4.69) is 12.2 Å². The van der Waals surface area contributed by atoms with E-state index in [-0.39, 0.29) is 12.5 Å². The second-order valence-corrected chi connectivity index (χ2v) is 5.50. The van der Waals surface area contributed by atoms with E-state index in [9.17, 15) is 9.90 Å². The van der Waals surface area contributed by atoms with Gasteiger partial charge in [-0.15, -0.1) is 0 Å². The molecule has 0 saturated carbocycles. The summed E-state index contributed by atoms with van der Waals surface area (Å²) in [6, 6.07) is 9.37. The summed E-state index contributed by atoms with van der Waals surface area (Å²) in [5.41, 5.74) is 6.42. The Morgan fingerprint density at radius 1 is 1.24 bits per heavy atom. The monoisotopic (exact) mass is 292 g/mol. The van der Waals surface area contributed by atoms with Crippen molar-refractivity contribution in [3.63, 3.8) is 0 Å². The molecule has 0 fully saturated rings. The van der Waals surface area contributed by atoms with Crippen LogP contribution >= 0.6 is 0 Å². The van der Waals surface area contributed by atoms with Crippen molar-refractivity contribution in [2.75, 3.05) is 13.1 Å². The first-order chi connectivity index (χ1) is 10.2. The zero-order chi connectivity index (χ0) is 15.5. The summed E-state index contributed by atoms with van der Waals surface area (Å²) in [6.07, 6.45) is 3.96. The average Bonchev–Trinajstić information content (AvgIpc) is 2.51. The Kier molecular flexibility index (Phi) is 8.71. The SMILES string of the molecule is CCCC(CCN)CCC(=O)NCC(O)c1ccccc1. The van der Waals surface area contributed by atoms with Gasteiger partial charge in [-0.3, -0.25) is 4.79 Å². The molecule has 0 saturated heterocycles. The number of hydrogen-bond donors (Lipinski definition) is 3. The molecule has 2 unspecified atom stereocenters. The van der Waals surface area contributed by atoms with Crippen molar-refractivity contribution < 1.29 is 9.90 Å². The number of nitrogens with one attached hydrogen (secondary N) is 1. The summed E-state index contributed by atoms with van der Waals surface area (Å²) in [4.78, 5) is 11.8. The van der Waals surface area contributed by atoms with Crippen LogP contribution in [0.1, 0.15) is 50.7 Å². The summed E-state index contributed by atoms with van der Waals surface area (Å²) < 4.78 is 0. The molecule has 21 heavy (non-hydrogen) atoms. The lowest BCUT2D eigenvalue weighted by atomic mass is 9.94. The number of hydrogen-bond acceptors (Lipinski definition) is 3. The van der Waals surface area contributed by atoms with Gasteiger partial charge < -0.3 is 16.2 Å². The highest BCUT2D eigenvalue weighted by atomic mass is 16.3. The summed E-state index contributed by atoms with van der Waals surface area (Å²) in [7, 11) is 0. The maximum absolute atomic E-state index is 11.8. The first-order valence-electron chi connectivity index (χ1n) is 7.87. The van der Waals surface area contributed by atoms with Crippen LogP contribution in [0.3, 0.4) is 0 Å². The van der Waals surface area contributed by atoms with E-state index in [1.807, 2.05) is 30.3 Å². The molecule has 4 heteroatoms. The first kappa shape index (κ1) is 17.7. The van der Waals surface area contributed by atoms with Gasteiger partial charge in [0.2, 0.25) is 5.91 Å². The maximum atomic E-state index is 11.8. The Morgan fingerprint density at radius 2 is 1.95 bits per heavy atom. The first-order valence-corrected chi connectivity index (χ1v) is 7.87. The van der Waals surface area contributed by atoms with Crippen molar-refractivity contribution in [2.24, 2.45) is 11.7 Å². The molecular formula is C17H28N2O2. The topological polar surface area (TPSA) is 75.4 Å². The third-order valence-electron chi connectivity index (χ3n) is 3.73. The normalized spacial score (nSPS) is 13.7. The van der Waals surface area contributed by atoms with Gasteiger partial charge in [0.25, 0.3) is 0 Å². The van der Waals surface area contributed by atoms with Gasteiger partial charge in [-0.05, 0) is 30.9 Å². The van der Waals surface area contributed by atoms with Crippen molar-refractivity contribution in [1.82, 2.24) is 5.32 Å². The van der Waals surface area contributed by atoms with Crippen LogP contribution in [0.5, 0.6) is 0 Å². The van der Waals surface area contributed by atoms with Crippen LogP contribution in [0.2, 0.25) is 0 Å². The van der Waals surface area contributed by atoms with Gasteiger partial charge in [0.15, 0.2) is 0 Å². The molecule has 0 heterocycles. The standard InChI is InChI=1S/C17H28N2O2/c1-2-6-14(11-12-18)9-10-17(21)19-13-16(20)15-7-4-3-5-8-15/h3-5,7-8,14,16,20H,2,6,9-13,18H2,1H3,(H,19,21). The fourth-order valence-electron chi connectivity index (χ4n) is 2.50. The number of rotatable bonds is 10. The second-order valence-electron chi connectivity index (χ2n) is 5.50. The number of amides is 1. The molecule has 1 aromatic rings. The van der Waals surface area contributed by atoms with Gasteiger partial charge in [0, 0.05) is 13.0 Å². The van der Waals surface area contributed by atoms with E-state index in [1.165, 1.54) is 0 Å². The summed E-state index contributed by atoms with van der Waals surface area (Å²) in [6.45, 7) is 3.09. The van der Waals surface area contributed by atoms with E-state index in [0.717, 1.165) is 31.2 Å². The third-order valence-corrected chi connectivity index (χ3v) is 3.73. The molecule has 0 aliphatic carbocycles. The fourth-order valence-corrected chi connectivity index (χ4v) is 2.50. The van der Waals surface area contributed by atoms with Gasteiger partial charge in [-0.2, -0.15) is 0 Å². The van der Waals surface area contributed by atoms with Crippen molar-refractivity contribution in [2.45, 2.75) is 45.1 Å². The van der Waals surface area contributed by atoms with E-state index in [0.29, 0.717) is 18.9 Å². The molecule has 0 aliphatic heterocycles. The van der Waals surface area contributed by atoms with Crippen LogP contribution in [0.15, 0.2) is 30.3 Å². The van der Waals surface area contributed by atoms with E-state index in [4.69, 9.17) is 5.73 Å². The molecular weight excluding hydrogens is 264 g/mol. The van der Waals surface area contributed by atoms with Crippen LogP contribution < -0.4 is 11.1 Å². The van der Waals surface area contributed by atoms with Crippen LogP contribution in [-0.2, 0) is 4.79 Å². The molecule has 0 aromatic heterocycles. The number of carbonyl (C=O) groups is 1. The van der Waals surface area contributed by atoms with Crippen LogP contribution in [0, 0.1) is 5.92 Å². The zero-order valence-electron chi connectivity index (χ0n) is 12.9. The van der Waals surface area contributed by atoms with Gasteiger partial charge in [0.1, 0.15) is 0 Å². The molecule has 1 amide bonds. The van der Waals surface area contributed by atoms with Gasteiger partial charge >= 0.3 is 0 Å². The van der Waals surface area contributed by atoms with Gasteiger partial charge in [-0.25, -0.2) is 0 Å². The zero-order valence-corrected chi connectivity index (χ0v) is 12.9. The minimum atomic E-state index is -0.648. The number of nitrogens with two attached hydrogens (primary N) is 1. The lowest BCUT2D eigenvalue weighted by Gasteiger charge is -2.16. The molecule has 1 aromatic carbocycles. The molecule has 0 bridgehead atoms. The largest absolute Gasteiger partial charge is 0.387 e. The fraction of sp³-hybridized carbons (Fsp3) is 0.588. The third kappa shape index (κ3) is 7.25. The van der Waals surface area contributed by atoms with Gasteiger partial charge in [-0.1, -0.05) is 50.1 Å². The Balaban J connectivity index is 2.27. The average molecular weight is 292 g/mol. The molecule has 0 spiro atoms. The lowest BCUT2D eigenvalue weighted by molar-refractivity contribution is -0.121. The van der Waals surface area contributed by atoms with E-state index in [1.54, 1.807) is 0 Å². The van der Waals surface area contributed by atoms with E-state index < -0.39 is 6.10 Å². The van der Waals surface area contributed by atoms with Crippen molar-refractivity contribution in [3.8, 4) is 0 Å². The van der Waals surface area contributed by atoms with Crippen molar-refractivity contribution in [3.05, 3.63) is 35.9 Å². The molecule has 0 aliphatic rings. The molecule has 4 N–H and O–H groups in total. The quantitative estimate of drug-likeness (QED) is 0.620. The molecule has 4 nitrogen and oxygen atoms in total. The Labute approximate surface area is 127 Å². The Bertz CT molecular complexity index is 389. The highest BCUT2D eigenvalue weighted by Crippen LogP contribution is 2.17. The predicted molar refractivity (Wildman–Crippen MR) is 85.7 cm³/mol. The molecule has 2 atom stereocenters. The molecule has 1 rings (SSSR count). The lowest BCUT2D eigenvalue weighted by Crippen LogP contribution is -2.28. The highest BCUT2D eigenvalue weighted by molar-refractivity contribution is 5.75. The Morgan fingerprint density at radius 3 is 2.57 bits per heavy atom. The smallest absolute Gasteiger partial charge is 0.220 e. The van der Waals surface area contributed by atoms with Crippen LogP contribution in [-0.4, -0.2) is 24.1 Å². The maximum Gasteiger partial charge on any atom is 0.220 e. The number of carbonyl (C=O) groups excluding carboxylic acids is 1. The number of benzene rings is 1.